The van der Waals surface area contributed by atoms with Crippen LogP contribution >= 0.6 is 0 Å². The zero-order chi connectivity index (χ0) is 24.8. The van der Waals surface area contributed by atoms with Gasteiger partial charge in [0, 0.05) is 18.2 Å². The zero-order valence-corrected chi connectivity index (χ0v) is 20.1. The first-order valence-electron chi connectivity index (χ1n) is 11.7. The van der Waals surface area contributed by atoms with Crippen LogP contribution in [0.2, 0.25) is 0 Å². The quantitative estimate of drug-likeness (QED) is 0.540. The Morgan fingerprint density at radius 2 is 2.03 bits per heavy atom. The molecule has 1 amide bonds. The molecule has 34 heavy (non-hydrogen) atoms. The molecule has 4 unspecified atom stereocenters. The van der Waals surface area contributed by atoms with Crippen LogP contribution in [0.1, 0.15) is 56.9 Å². The van der Waals surface area contributed by atoms with E-state index in [9.17, 15) is 19.5 Å². The van der Waals surface area contributed by atoms with Gasteiger partial charge in [0.1, 0.15) is 12.2 Å². The Balaban J connectivity index is 1.74. The van der Waals surface area contributed by atoms with Crippen LogP contribution in [-0.2, 0) is 23.8 Å². The van der Waals surface area contributed by atoms with E-state index < -0.39 is 35.9 Å². The summed E-state index contributed by atoms with van der Waals surface area (Å²) < 4.78 is 22.2. The van der Waals surface area contributed by atoms with E-state index >= 15 is 0 Å². The summed E-state index contributed by atoms with van der Waals surface area (Å²) in [6, 6.07) is 0.275. The second-order valence-electron chi connectivity index (χ2n) is 9.30. The number of rotatable bonds is 8. The molecule has 10 heteroatoms. The van der Waals surface area contributed by atoms with Crippen molar-refractivity contribution in [2.24, 2.45) is 17.8 Å². The van der Waals surface area contributed by atoms with Crippen LogP contribution in [0.5, 0.6) is 11.5 Å². The van der Waals surface area contributed by atoms with Gasteiger partial charge in [-0.15, -0.1) is 0 Å². The zero-order valence-electron chi connectivity index (χ0n) is 20.1. The van der Waals surface area contributed by atoms with Gasteiger partial charge in [0.15, 0.2) is 23.2 Å². The first kappa shape index (κ1) is 25.7. The van der Waals surface area contributed by atoms with E-state index in [0.29, 0.717) is 12.3 Å². The summed E-state index contributed by atoms with van der Waals surface area (Å²) in [4.78, 5) is 41.9. The highest BCUT2D eigenvalue weighted by Crippen LogP contribution is 2.33. The average Bonchev–Trinajstić information content (AvgIpc) is 3.62. The topological polar surface area (TPSA) is 133 Å². The van der Waals surface area contributed by atoms with Crippen LogP contribution < -0.4 is 10.1 Å². The van der Waals surface area contributed by atoms with Crippen LogP contribution in [-0.4, -0.2) is 66.5 Å². The van der Waals surface area contributed by atoms with Gasteiger partial charge in [-0.3, -0.25) is 9.59 Å². The molecule has 1 saturated carbocycles. The van der Waals surface area contributed by atoms with Gasteiger partial charge in [-0.25, -0.2) is 9.78 Å². The number of carbonyl (C=O) groups is 3. The van der Waals surface area contributed by atoms with Crippen LogP contribution in [0.15, 0.2) is 12.3 Å². The van der Waals surface area contributed by atoms with Gasteiger partial charge in [0.2, 0.25) is 0 Å². The first-order valence-corrected chi connectivity index (χ1v) is 11.7. The second-order valence-corrected chi connectivity index (χ2v) is 9.30. The molecule has 2 aliphatic rings. The Bertz CT molecular complexity index is 886. The molecule has 0 radical (unpaired) electrons. The fraction of sp³-hybridized carbons (Fsp3) is 0.667. The summed E-state index contributed by atoms with van der Waals surface area (Å²) in [7, 11) is 1.35. The molecule has 1 saturated heterocycles. The third kappa shape index (κ3) is 6.59. The summed E-state index contributed by atoms with van der Waals surface area (Å²) >= 11 is 0. The lowest BCUT2D eigenvalue weighted by atomic mass is 9.89. The van der Waals surface area contributed by atoms with Crippen molar-refractivity contribution in [3.8, 4) is 11.5 Å². The molecule has 2 N–H and O–H groups in total. The van der Waals surface area contributed by atoms with Crippen molar-refractivity contribution in [1.29, 1.82) is 0 Å². The fourth-order valence-corrected chi connectivity index (χ4v) is 3.88. The number of carbonyl (C=O) groups excluding carboxylic acids is 3. The molecule has 2 fully saturated rings. The molecule has 188 valence electrons. The number of nitrogens with one attached hydrogen (secondary N) is 1. The predicted octanol–water partition coefficient (Wildman–Crippen LogP) is 2.23. The highest BCUT2D eigenvalue weighted by molar-refractivity contribution is 5.98. The van der Waals surface area contributed by atoms with Crippen molar-refractivity contribution < 1.29 is 38.4 Å². The Labute approximate surface area is 199 Å². The Morgan fingerprint density at radius 3 is 2.68 bits per heavy atom. The Hall–Kier alpha value is -2.88. The highest BCUT2D eigenvalue weighted by atomic mass is 16.6. The van der Waals surface area contributed by atoms with E-state index in [2.05, 4.69) is 24.1 Å². The number of hydrogen-bond acceptors (Lipinski definition) is 9. The van der Waals surface area contributed by atoms with Crippen LogP contribution in [0.3, 0.4) is 0 Å². The van der Waals surface area contributed by atoms with Gasteiger partial charge >= 0.3 is 11.9 Å². The number of amides is 1. The van der Waals surface area contributed by atoms with Gasteiger partial charge in [-0.2, -0.15) is 0 Å². The van der Waals surface area contributed by atoms with Crippen LogP contribution in [0.25, 0.3) is 0 Å². The third-order valence-electron chi connectivity index (χ3n) is 6.12. The lowest BCUT2D eigenvalue weighted by molar-refractivity contribution is -0.163. The lowest BCUT2D eigenvalue weighted by Gasteiger charge is -2.31. The van der Waals surface area contributed by atoms with Gasteiger partial charge in [-0.1, -0.05) is 20.3 Å². The summed E-state index contributed by atoms with van der Waals surface area (Å²) in [6.07, 6.45) is 3.40. The number of aromatic hydroxyl groups is 1. The number of methoxy groups -OCH3 is 1. The molecule has 10 nitrogen and oxygen atoms in total. The number of pyridine rings is 1. The largest absolute Gasteiger partial charge is 0.503 e. The standard InChI is InChI=1S/C24H34N2O8/c1-13(2)5-8-16-14(3)33-24(30)17(11-32-12-19(16)34-23(29)15-6-7-15)26-22(28)20-21(27)18(31-4)9-10-25-20/h9-10,13-17,19,27H,5-8,11-12H2,1-4H3,(H,26,28). The van der Waals surface area contributed by atoms with Crippen molar-refractivity contribution in [3.63, 3.8) is 0 Å². The Kier molecular flexibility index (Phi) is 8.71. The van der Waals surface area contributed by atoms with Crippen LogP contribution in [0, 0.1) is 17.8 Å². The van der Waals surface area contributed by atoms with E-state index in [-0.39, 0.29) is 42.5 Å². The summed E-state index contributed by atoms with van der Waals surface area (Å²) in [6.45, 7) is 5.86. The predicted molar refractivity (Wildman–Crippen MR) is 120 cm³/mol. The van der Waals surface area contributed by atoms with Crippen molar-refractivity contribution in [2.45, 2.75) is 64.7 Å². The van der Waals surface area contributed by atoms with Crippen molar-refractivity contribution in [3.05, 3.63) is 18.0 Å². The van der Waals surface area contributed by atoms with Crippen molar-refractivity contribution in [1.82, 2.24) is 10.3 Å². The molecule has 2 heterocycles. The Morgan fingerprint density at radius 1 is 1.29 bits per heavy atom. The fourth-order valence-electron chi connectivity index (χ4n) is 3.88. The smallest absolute Gasteiger partial charge is 0.331 e. The highest BCUT2D eigenvalue weighted by Gasteiger charge is 2.39. The molecule has 4 atom stereocenters. The number of aromatic nitrogens is 1. The number of esters is 2. The minimum Gasteiger partial charge on any atom is -0.503 e. The molecule has 1 aromatic heterocycles. The van der Waals surface area contributed by atoms with Gasteiger partial charge < -0.3 is 29.4 Å². The molecule has 3 rings (SSSR count). The minimum absolute atomic E-state index is 0.0636. The molecular weight excluding hydrogens is 444 g/mol. The molecule has 1 aliphatic heterocycles. The van der Waals surface area contributed by atoms with E-state index in [1.807, 2.05) is 0 Å². The van der Waals surface area contributed by atoms with E-state index in [0.717, 1.165) is 19.3 Å². The molecule has 1 aliphatic carbocycles. The minimum atomic E-state index is -1.13. The molecule has 0 bridgehead atoms. The van der Waals surface area contributed by atoms with Gasteiger partial charge in [0.25, 0.3) is 5.91 Å². The molecule has 0 aromatic carbocycles. The summed E-state index contributed by atoms with van der Waals surface area (Å²) in [5.74, 6) is -1.94. The summed E-state index contributed by atoms with van der Waals surface area (Å²) in [5, 5.41) is 12.7. The third-order valence-corrected chi connectivity index (χ3v) is 6.12. The second kappa shape index (κ2) is 11.5. The van der Waals surface area contributed by atoms with Crippen molar-refractivity contribution in [2.75, 3.05) is 20.3 Å². The monoisotopic (exact) mass is 478 g/mol. The van der Waals surface area contributed by atoms with Gasteiger partial charge in [0.05, 0.1) is 26.2 Å². The number of cyclic esters (lactones) is 1. The maximum atomic E-state index is 12.9. The SMILES string of the molecule is COc1ccnc(C(=O)NC2COCC(OC(=O)C3CC3)C(CCC(C)C)C(C)OC2=O)c1O. The lowest BCUT2D eigenvalue weighted by Crippen LogP contribution is -2.46. The van der Waals surface area contributed by atoms with Crippen molar-refractivity contribution >= 4 is 17.8 Å². The number of nitrogens with zero attached hydrogens (tertiary/aromatic N) is 1. The van der Waals surface area contributed by atoms with E-state index in [1.54, 1.807) is 6.92 Å². The normalized spacial score (nSPS) is 25.5. The average molecular weight is 479 g/mol. The molecule has 1 aromatic rings. The maximum absolute atomic E-state index is 12.9. The molecule has 0 spiro atoms. The molecular formula is C24H34N2O8. The maximum Gasteiger partial charge on any atom is 0.331 e. The van der Waals surface area contributed by atoms with Gasteiger partial charge in [-0.05, 0) is 32.1 Å². The van der Waals surface area contributed by atoms with E-state index in [1.165, 1.54) is 19.4 Å². The number of hydrogen-bond donors (Lipinski definition) is 2. The first-order chi connectivity index (χ1) is 16.2. The van der Waals surface area contributed by atoms with E-state index in [4.69, 9.17) is 18.9 Å². The number of ether oxygens (including phenoxy) is 4. The summed E-state index contributed by atoms with van der Waals surface area (Å²) in [5.41, 5.74) is -0.286. The van der Waals surface area contributed by atoms with Crippen LogP contribution in [0.4, 0.5) is 0 Å².